The van der Waals surface area contributed by atoms with Crippen molar-refractivity contribution in [1.29, 1.82) is 0 Å². The van der Waals surface area contributed by atoms with E-state index in [0.717, 1.165) is 15.3 Å². The molecule has 0 aromatic carbocycles. The zero-order chi connectivity index (χ0) is 12.2. The fraction of sp³-hybridized carbons (Fsp3) is 0.182. The first-order chi connectivity index (χ1) is 8.08. The summed E-state index contributed by atoms with van der Waals surface area (Å²) >= 11 is 7.32. The van der Waals surface area contributed by atoms with E-state index in [-0.39, 0.29) is 10.7 Å². The highest BCUT2D eigenvalue weighted by atomic mass is 35.5. The molecular formula is C11H8ClN3OS. The van der Waals surface area contributed by atoms with E-state index in [1.807, 2.05) is 13.8 Å². The van der Waals surface area contributed by atoms with Crippen LogP contribution in [0.2, 0.25) is 5.15 Å². The lowest BCUT2D eigenvalue weighted by Crippen LogP contribution is -2.17. The average Bonchev–Trinajstić information content (AvgIpc) is 2.57. The van der Waals surface area contributed by atoms with Crippen molar-refractivity contribution in [2.75, 3.05) is 0 Å². The van der Waals surface area contributed by atoms with Crippen LogP contribution < -0.4 is 5.56 Å². The van der Waals surface area contributed by atoms with Gasteiger partial charge in [-0.25, -0.2) is 4.98 Å². The van der Waals surface area contributed by atoms with E-state index < -0.39 is 0 Å². The summed E-state index contributed by atoms with van der Waals surface area (Å²) in [5, 5.41) is 4.91. The predicted octanol–water partition coefficient (Wildman–Crippen LogP) is 2.57. The number of hydrogen-bond acceptors (Lipinski definition) is 4. The van der Waals surface area contributed by atoms with E-state index in [1.165, 1.54) is 15.9 Å². The van der Waals surface area contributed by atoms with Crippen molar-refractivity contribution in [2.45, 2.75) is 13.8 Å². The summed E-state index contributed by atoms with van der Waals surface area (Å²) < 4.78 is 1.25. The third kappa shape index (κ3) is 1.46. The van der Waals surface area contributed by atoms with Gasteiger partial charge in [0.15, 0.2) is 5.65 Å². The van der Waals surface area contributed by atoms with Gasteiger partial charge >= 0.3 is 0 Å². The summed E-state index contributed by atoms with van der Waals surface area (Å²) in [4.78, 5) is 18.6. The average molecular weight is 266 g/mol. The van der Waals surface area contributed by atoms with Gasteiger partial charge in [-0.15, -0.1) is 11.3 Å². The number of nitrogens with zero attached hydrogens (tertiary/aromatic N) is 3. The van der Waals surface area contributed by atoms with Crippen LogP contribution in [0.4, 0.5) is 0 Å². The molecule has 0 spiro atoms. The molecule has 0 aliphatic rings. The Morgan fingerprint density at radius 1 is 1.35 bits per heavy atom. The van der Waals surface area contributed by atoms with E-state index >= 15 is 0 Å². The van der Waals surface area contributed by atoms with Gasteiger partial charge in [0.05, 0.1) is 5.39 Å². The van der Waals surface area contributed by atoms with E-state index in [0.29, 0.717) is 11.0 Å². The Morgan fingerprint density at radius 3 is 2.88 bits per heavy atom. The molecule has 3 rings (SSSR count). The predicted molar refractivity (Wildman–Crippen MR) is 69.1 cm³/mol. The SMILES string of the molecule is Cc1sc2nc3ccc(Cl)nn3c(=O)c2c1C. The van der Waals surface area contributed by atoms with Crippen molar-refractivity contribution < 1.29 is 0 Å². The molecule has 0 unspecified atom stereocenters. The van der Waals surface area contributed by atoms with Crippen LogP contribution in [0.1, 0.15) is 10.4 Å². The molecule has 0 amide bonds. The second kappa shape index (κ2) is 3.51. The summed E-state index contributed by atoms with van der Waals surface area (Å²) in [6.45, 7) is 3.91. The highest BCUT2D eigenvalue weighted by Gasteiger charge is 2.13. The molecule has 3 aromatic rings. The maximum Gasteiger partial charge on any atom is 0.283 e. The Hall–Kier alpha value is -1.46. The smallest absolute Gasteiger partial charge is 0.267 e. The summed E-state index contributed by atoms with van der Waals surface area (Å²) in [7, 11) is 0. The third-order valence-electron chi connectivity index (χ3n) is 2.77. The van der Waals surface area contributed by atoms with E-state index in [4.69, 9.17) is 11.6 Å². The topological polar surface area (TPSA) is 47.3 Å². The highest BCUT2D eigenvalue weighted by molar-refractivity contribution is 7.18. The van der Waals surface area contributed by atoms with Gasteiger partial charge in [0, 0.05) is 4.88 Å². The van der Waals surface area contributed by atoms with Crippen molar-refractivity contribution in [3.05, 3.63) is 38.1 Å². The number of hydrogen-bond donors (Lipinski definition) is 0. The number of halogens is 1. The Bertz CT molecular complexity index is 806. The lowest BCUT2D eigenvalue weighted by Gasteiger charge is -1.99. The summed E-state index contributed by atoms with van der Waals surface area (Å²) in [5.41, 5.74) is 1.33. The van der Waals surface area contributed by atoms with Crippen molar-refractivity contribution in [1.82, 2.24) is 14.6 Å². The Balaban J connectivity index is 2.63. The minimum Gasteiger partial charge on any atom is -0.267 e. The molecule has 0 N–H and O–H groups in total. The summed E-state index contributed by atoms with van der Waals surface area (Å²) in [6, 6.07) is 3.32. The number of aromatic nitrogens is 3. The molecule has 6 heteroatoms. The van der Waals surface area contributed by atoms with Crippen LogP contribution in [0.15, 0.2) is 16.9 Å². The van der Waals surface area contributed by atoms with E-state index in [2.05, 4.69) is 10.1 Å². The lowest BCUT2D eigenvalue weighted by atomic mass is 10.2. The highest BCUT2D eigenvalue weighted by Crippen LogP contribution is 2.26. The van der Waals surface area contributed by atoms with Gasteiger partial charge in [-0.3, -0.25) is 4.79 Å². The van der Waals surface area contributed by atoms with Crippen LogP contribution in [-0.4, -0.2) is 14.6 Å². The lowest BCUT2D eigenvalue weighted by molar-refractivity contribution is 0.882. The molecular weight excluding hydrogens is 258 g/mol. The largest absolute Gasteiger partial charge is 0.283 e. The Morgan fingerprint density at radius 2 is 2.12 bits per heavy atom. The molecule has 0 saturated carbocycles. The van der Waals surface area contributed by atoms with Gasteiger partial charge in [0.2, 0.25) is 0 Å². The number of rotatable bonds is 0. The minimum absolute atomic E-state index is 0.158. The van der Waals surface area contributed by atoms with Crippen LogP contribution >= 0.6 is 22.9 Å². The van der Waals surface area contributed by atoms with Crippen LogP contribution in [0, 0.1) is 13.8 Å². The number of thiophene rings is 1. The third-order valence-corrected chi connectivity index (χ3v) is 4.07. The van der Waals surface area contributed by atoms with Gasteiger partial charge < -0.3 is 0 Å². The van der Waals surface area contributed by atoms with Crippen LogP contribution in [-0.2, 0) is 0 Å². The van der Waals surface area contributed by atoms with Gasteiger partial charge in [-0.05, 0) is 31.5 Å². The number of aryl methyl sites for hydroxylation is 2. The van der Waals surface area contributed by atoms with Gasteiger partial charge in [0.1, 0.15) is 9.98 Å². The molecule has 17 heavy (non-hydrogen) atoms. The number of fused-ring (bicyclic) bond motifs is 2. The van der Waals surface area contributed by atoms with E-state index in [1.54, 1.807) is 12.1 Å². The molecule has 0 aliphatic carbocycles. The molecule has 4 nitrogen and oxygen atoms in total. The quantitative estimate of drug-likeness (QED) is 0.628. The second-order valence-electron chi connectivity index (χ2n) is 3.81. The van der Waals surface area contributed by atoms with Crippen molar-refractivity contribution in [3.63, 3.8) is 0 Å². The van der Waals surface area contributed by atoms with Crippen molar-refractivity contribution in [3.8, 4) is 0 Å². The zero-order valence-electron chi connectivity index (χ0n) is 9.19. The first-order valence-corrected chi connectivity index (χ1v) is 6.22. The van der Waals surface area contributed by atoms with Crippen molar-refractivity contribution >= 4 is 38.8 Å². The van der Waals surface area contributed by atoms with Gasteiger partial charge in [-0.1, -0.05) is 11.6 Å². The van der Waals surface area contributed by atoms with Crippen LogP contribution in [0.25, 0.3) is 15.9 Å². The molecule has 0 aliphatic heterocycles. The molecule has 3 aromatic heterocycles. The first kappa shape index (κ1) is 10.7. The normalized spacial score (nSPS) is 11.5. The molecule has 0 bridgehead atoms. The van der Waals surface area contributed by atoms with Crippen molar-refractivity contribution in [2.24, 2.45) is 0 Å². The monoisotopic (exact) mass is 265 g/mol. The van der Waals surface area contributed by atoms with Gasteiger partial charge in [-0.2, -0.15) is 9.61 Å². The van der Waals surface area contributed by atoms with Crippen LogP contribution in [0.3, 0.4) is 0 Å². The fourth-order valence-corrected chi connectivity index (χ4v) is 2.94. The fourth-order valence-electron chi connectivity index (χ4n) is 1.78. The standard InChI is InChI=1S/C11H8ClN3OS/c1-5-6(2)17-10-9(5)11(16)15-8(13-10)4-3-7(12)14-15/h3-4H,1-2H3. The molecule has 0 saturated heterocycles. The zero-order valence-corrected chi connectivity index (χ0v) is 10.8. The molecule has 0 atom stereocenters. The summed E-state index contributed by atoms with van der Waals surface area (Å²) in [5.74, 6) is 0. The maximum absolute atomic E-state index is 12.3. The second-order valence-corrected chi connectivity index (χ2v) is 5.40. The Labute approximate surface area is 105 Å². The van der Waals surface area contributed by atoms with Gasteiger partial charge in [0.25, 0.3) is 5.56 Å². The Kier molecular flexibility index (Phi) is 2.21. The van der Waals surface area contributed by atoms with Crippen LogP contribution in [0.5, 0.6) is 0 Å². The molecule has 86 valence electrons. The maximum atomic E-state index is 12.3. The molecule has 0 radical (unpaired) electrons. The summed E-state index contributed by atoms with van der Waals surface area (Å²) in [6.07, 6.45) is 0. The molecule has 0 fully saturated rings. The molecule has 3 heterocycles. The minimum atomic E-state index is -0.158. The first-order valence-electron chi connectivity index (χ1n) is 5.03. The van der Waals surface area contributed by atoms with E-state index in [9.17, 15) is 4.79 Å².